The molecule has 0 fully saturated rings. The summed E-state index contributed by atoms with van der Waals surface area (Å²) in [6.45, 7) is 1.85. The van der Waals surface area contributed by atoms with E-state index in [-0.39, 0.29) is 18.4 Å². The first kappa shape index (κ1) is 17.9. The van der Waals surface area contributed by atoms with Crippen molar-refractivity contribution < 1.29 is 9.59 Å². The summed E-state index contributed by atoms with van der Waals surface area (Å²) in [7, 11) is 0. The van der Waals surface area contributed by atoms with Crippen LogP contribution in [0.5, 0.6) is 0 Å². The van der Waals surface area contributed by atoms with Gasteiger partial charge in [0.25, 0.3) is 5.91 Å². The van der Waals surface area contributed by atoms with Gasteiger partial charge in [-0.15, -0.1) is 0 Å². The second kappa shape index (κ2) is 8.01. The number of aromatic nitrogens is 1. The van der Waals surface area contributed by atoms with Crippen molar-refractivity contribution >= 4 is 33.4 Å². The van der Waals surface area contributed by atoms with Crippen LogP contribution >= 0.6 is 15.9 Å². The van der Waals surface area contributed by atoms with Gasteiger partial charge >= 0.3 is 0 Å². The third-order valence-electron chi connectivity index (χ3n) is 3.88. The van der Waals surface area contributed by atoms with Crippen LogP contribution in [-0.4, -0.2) is 22.9 Å². The number of rotatable bonds is 5. The van der Waals surface area contributed by atoms with Gasteiger partial charge in [0.2, 0.25) is 5.91 Å². The quantitative estimate of drug-likeness (QED) is 0.668. The van der Waals surface area contributed by atoms with E-state index in [9.17, 15) is 9.59 Å². The van der Waals surface area contributed by atoms with Gasteiger partial charge in [0.15, 0.2) is 0 Å². The second-order valence-electron chi connectivity index (χ2n) is 5.83. The first-order chi connectivity index (χ1) is 12.5. The average Bonchev–Trinajstić information content (AvgIpc) is 3.18. The average molecular weight is 412 g/mol. The van der Waals surface area contributed by atoms with Gasteiger partial charge in [-0.2, -0.15) is 0 Å². The fourth-order valence-corrected chi connectivity index (χ4v) is 2.73. The molecule has 2 amide bonds. The third kappa shape index (κ3) is 4.40. The van der Waals surface area contributed by atoms with Gasteiger partial charge in [-0.1, -0.05) is 15.9 Å². The number of nitrogens with zero attached hydrogens (tertiary/aromatic N) is 1. The normalized spacial score (nSPS) is 10.4. The zero-order valence-corrected chi connectivity index (χ0v) is 15.8. The Balaban J connectivity index is 1.54. The maximum atomic E-state index is 12.2. The summed E-state index contributed by atoms with van der Waals surface area (Å²) in [5.41, 5.74) is 3.19. The lowest BCUT2D eigenvalue weighted by molar-refractivity contribution is -0.115. The molecule has 2 aromatic carbocycles. The maximum Gasteiger partial charge on any atom is 0.251 e. The predicted molar refractivity (Wildman–Crippen MR) is 106 cm³/mol. The summed E-state index contributed by atoms with van der Waals surface area (Å²) in [6.07, 6.45) is 3.87. The minimum Gasteiger partial charge on any atom is -0.343 e. The monoisotopic (exact) mass is 411 g/mol. The van der Waals surface area contributed by atoms with Crippen LogP contribution in [0.2, 0.25) is 0 Å². The molecule has 0 saturated heterocycles. The molecule has 2 N–H and O–H groups in total. The van der Waals surface area contributed by atoms with E-state index in [1.165, 1.54) is 0 Å². The molecule has 132 valence electrons. The molecule has 0 aliphatic rings. The molecule has 0 radical (unpaired) electrons. The Hall–Kier alpha value is -2.86. The number of benzene rings is 2. The second-order valence-corrected chi connectivity index (χ2v) is 6.69. The number of aryl methyl sites for hydroxylation is 1. The number of carbonyl (C=O) groups is 2. The molecular formula is C20H18BrN3O2. The standard InChI is InChI=1S/C20H18BrN3O2/c1-14-12-16(6-9-18(14)21)23-19(25)13-22-20(26)15-4-7-17(8-5-15)24-10-2-3-11-24/h2-12H,13H2,1H3,(H,22,26)(H,23,25). The Morgan fingerprint density at radius 3 is 2.38 bits per heavy atom. The van der Waals surface area contributed by atoms with E-state index in [1.54, 1.807) is 18.2 Å². The van der Waals surface area contributed by atoms with E-state index < -0.39 is 0 Å². The third-order valence-corrected chi connectivity index (χ3v) is 4.77. The summed E-state index contributed by atoms with van der Waals surface area (Å²) in [5.74, 6) is -0.560. The summed E-state index contributed by atoms with van der Waals surface area (Å²) in [6, 6.07) is 16.6. The molecule has 0 aliphatic carbocycles. The molecule has 1 heterocycles. The SMILES string of the molecule is Cc1cc(NC(=O)CNC(=O)c2ccc(-n3cccc3)cc2)ccc1Br. The van der Waals surface area contributed by atoms with Crippen molar-refractivity contribution in [3.8, 4) is 5.69 Å². The fourth-order valence-electron chi connectivity index (χ4n) is 2.48. The molecule has 6 heteroatoms. The van der Waals surface area contributed by atoms with Crippen molar-refractivity contribution in [1.29, 1.82) is 0 Å². The number of hydrogen-bond donors (Lipinski definition) is 2. The van der Waals surface area contributed by atoms with E-state index >= 15 is 0 Å². The summed E-state index contributed by atoms with van der Waals surface area (Å²) >= 11 is 3.42. The summed E-state index contributed by atoms with van der Waals surface area (Å²) in [5, 5.41) is 5.40. The zero-order valence-electron chi connectivity index (χ0n) is 14.2. The van der Waals surface area contributed by atoms with Crippen LogP contribution in [0.4, 0.5) is 5.69 Å². The predicted octanol–water partition coefficient (Wildman–Crippen LogP) is 3.92. The Labute approximate surface area is 160 Å². The van der Waals surface area contributed by atoms with E-state index in [1.807, 2.05) is 60.3 Å². The molecule has 0 spiro atoms. The highest BCUT2D eigenvalue weighted by molar-refractivity contribution is 9.10. The van der Waals surface area contributed by atoms with Gasteiger partial charge in [-0.25, -0.2) is 0 Å². The van der Waals surface area contributed by atoms with Crippen molar-refractivity contribution in [1.82, 2.24) is 9.88 Å². The van der Waals surface area contributed by atoms with Crippen molar-refractivity contribution in [3.63, 3.8) is 0 Å². The van der Waals surface area contributed by atoms with Gasteiger partial charge in [-0.05, 0) is 67.1 Å². The van der Waals surface area contributed by atoms with E-state index in [2.05, 4.69) is 26.6 Å². The van der Waals surface area contributed by atoms with Gasteiger partial charge < -0.3 is 15.2 Å². The van der Waals surface area contributed by atoms with Crippen molar-refractivity contribution in [2.75, 3.05) is 11.9 Å². The summed E-state index contributed by atoms with van der Waals surface area (Å²) < 4.78 is 2.93. The molecule has 3 aromatic rings. The Morgan fingerprint density at radius 2 is 1.73 bits per heavy atom. The lowest BCUT2D eigenvalue weighted by atomic mass is 10.2. The molecule has 0 unspecified atom stereocenters. The first-order valence-corrected chi connectivity index (χ1v) is 8.90. The van der Waals surface area contributed by atoms with Gasteiger partial charge in [0.1, 0.15) is 0 Å². The smallest absolute Gasteiger partial charge is 0.251 e. The van der Waals surface area contributed by atoms with Crippen molar-refractivity contribution in [3.05, 3.63) is 82.6 Å². The van der Waals surface area contributed by atoms with Gasteiger partial charge in [0.05, 0.1) is 6.54 Å². The number of nitrogens with one attached hydrogen (secondary N) is 2. The van der Waals surface area contributed by atoms with Gasteiger partial charge in [-0.3, -0.25) is 9.59 Å². The van der Waals surface area contributed by atoms with Crippen LogP contribution in [0.1, 0.15) is 15.9 Å². The number of anilines is 1. The maximum absolute atomic E-state index is 12.2. The highest BCUT2D eigenvalue weighted by Crippen LogP contribution is 2.19. The molecule has 0 saturated carbocycles. The minimum absolute atomic E-state index is 0.0900. The molecule has 1 aromatic heterocycles. The highest BCUT2D eigenvalue weighted by Gasteiger charge is 2.09. The van der Waals surface area contributed by atoms with E-state index in [4.69, 9.17) is 0 Å². The van der Waals surface area contributed by atoms with Crippen LogP contribution in [0.3, 0.4) is 0 Å². The van der Waals surface area contributed by atoms with Crippen LogP contribution in [-0.2, 0) is 4.79 Å². The largest absolute Gasteiger partial charge is 0.343 e. The van der Waals surface area contributed by atoms with Crippen molar-refractivity contribution in [2.24, 2.45) is 0 Å². The van der Waals surface area contributed by atoms with E-state index in [0.29, 0.717) is 11.3 Å². The molecule has 0 aliphatic heterocycles. The molecule has 5 nitrogen and oxygen atoms in total. The fraction of sp³-hybridized carbons (Fsp3) is 0.100. The van der Waals surface area contributed by atoms with Crippen molar-refractivity contribution in [2.45, 2.75) is 6.92 Å². The molecular weight excluding hydrogens is 394 g/mol. The number of hydrogen-bond acceptors (Lipinski definition) is 2. The van der Waals surface area contributed by atoms with Crippen LogP contribution in [0, 0.1) is 6.92 Å². The molecule has 0 atom stereocenters. The number of halogens is 1. The van der Waals surface area contributed by atoms with E-state index in [0.717, 1.165) is 15.7 Å². The molecule has 0 bridgehead atoms. The minimum atomic E-state index is -0.286. The lowest BCUT2D eigenvalue weighted by Crippen LogP contribution is -2.32. The Bertz CT molecular complexity index is 919. The zero-order chi connectivity index (χ0) is 18.5. The van der Waals surface area contributed by atoms with Gasteiger partial charge in [0, 0.05) is 33.8 Å². The Kier molecular flexibility index (Phi) is 5.53. The van der Waals surface area contributed by atoms with Crippen LogP contribution < -0.4 is 10.6 Å². The molecule has 3 rings (SSSR count). The summed E-state index contributed by atoms with van der Waals surface area (Å²) in [4.78, 5) is 24.2. The molecule has 26 heavy (non-hydrogen) atoms. The van der Waals surface area contributed by atoms with Crippen LogP contribution in [0.25, 0.3) is 5.69 Å². The Morgan fingerprint density at radius 1 is 1.04 bits per heavy atom. The lowest BCUT2D eigenvalue weighted by Gasteiger charge is -2.09. The first-order valence-electron chi connectivity index (χ1n) is 8.10. The van der Waals surface area contributed by atoms with Crippen LogP contribution in [0.15, 0.2) is 71.5 Å². The highest BCUT2D eigenvalue weighted by atomic mass is 79.9. The number of amides is 2. The number of carbonyl (C=O) groups excluding carboxylic acids is 2. The topological polar surface area (TPSA) is 63.1 Å².